The smallest absolute Gasteiger partial charge is 0.0501 e. The van der Waals surface area contributed by atoms with Gasteiger partial charge in [0.25, 0.3) is 0 Å². The Morgan fingerprint density at radius 2 is 2.21 bits per heavy atom. The first-order valence-corrected chi connectivity index (χ1v) is 5.18. The number of hydrogen-bond donors (Lipinski definition) is 1. The molecule has 1 N–H and O–H groups in total. The minimum atomic E-state index is 0.618. The van der Waals surface area contributed by atoms with Crippen LogP contribution < -0.4 is 5.32 Å². The molecule has 0 aliphatic heterocycles. The second-order valence-corrected chi connectivity index (χ2v) is 3.90. The molecule has 0 fully saturated rings. The summed E-state index contributed by atoms with van der Waals surface area (Å²) in [4.78, 5) is 0. The van der Waals surface area contributed by atoms with Crippen LogP contribution in [-0.4, -0.2) is 6.54 Å². The van der Waals surface area contributed by atoms with Crippen LogP contribution in [0.4, 0.5) is 5.69 Å². The van der Waals surface area contributed by atoms with E-state index in [0.717, 1.165) is 12.1 Å². The van der Waals surface area contributed by atoms with Crippen LogP contribution in [0.3, 0.4) is 0 Å². The molecule has 0 heterocycles. The van der Waals surface area contributed by atoms with Gasteiger partial charge in [-0.15, -0.1) is 0 Å². The number of anilines is 1. The normalized spacial score (nSPS) is 9.93. The number of halogens is 1. The van der Waals surface area contributed by atoms with E-state index in [1.54, 1.807) is 0 Å². The zero-order valence-electron chi connectivity index (χ0n) is 8.73. The average molecular weight is 210 g/mol. The summed E-state index contributed by atoms with van der Waals surface area (Å²) in [5.74, 6) is 0. The minimum absolute atomic E-state index is 0.618. The van der Waals surface area contributed by atoms with Crippen molar-refractivity contribution in [2.24, 2.45) is 0 Å². The van der Waals surface area contributed by atoms with Crippen molar-refractivity contribution in [2.75, 3.05) is 11.9 Å². The number of hydrogen-bond acceptors (Lipinski definition) is 1. The lowest BCUT2D eigenvalue weighted by Gasteiger charge is -2.08. The van der Waals surface area contributed by atoms with E-state index in [9.17, 15) is 0 Å². The van der Waals surface area contributed by atoms with Gasteiger partial charge in [0.15, 0.2) is 0 Å². The summed E-state index contributed by atoms with van der Waals surface area (Å²) >= 11 is 5.67. The second kappa shape index (κ2) is 5.06. The van der Waals surface area contributed by atoms with Gasteiger partial charge in [-0.2, -0.15) is 0 Å². The van der Waals surface area contributed by atoms with Gasteiger partial charge in [-0.1, -0.05) is 31.2 Å². The van der Waals surface area contributed by atoms with E-state index >= 15 is 0 Å². The van der Waals surface area contributed by atoms with Crippen LogP contribution in [0.15, 0.2) is 29.8 Å². The molecule has 1 rings (SSSR count). The van der Waals surface area contributed by atoms with Crippen LogP contribution in [0.25, 0.3) is 0 Å². The summed E-state index contributed by atoms with van der Waals surface area (Å²) in [6.07, 6.45) is 1.08. The van der Waals surface area contributed by atoms with E-state index in [0.29, 0.717) is 11.6 Å². The maximum atomic E-state index is 5.67. The van der Waals surface area contributed by atoms with Gasteiger partial charge in [0.1, 0.15) is 0 Å². The van der Waals surface area contributed by atoms with Crippen LogP contribution in [0.2, 0.25) is 0 Å². The Balaban J connectivity index is 2.71. The van der Waals surface area contributed by atoms with Gasteiger partial charge >= 0.3 is 0 Å². The van der Waals surface area contributed by atoms with Crippen LogP contribution in [-0.2, 0) is 6.42 Å². The first kappa shape index (κ1) is 11.1. The molecule has 0 aliphatic rings. The van der Waals surface area contributed by atoms with Crippen LogP contribution in [0.1, 0.15) is 18.1 Å². The third kappa shape index (κ3) is 3.08. The largest absolute Gasteiger partial charge is 0.380 e. The molecule has 14 heavy (non-hydrogen) atoms. The highest BCUT2D eigenvalue weighted by Crippen LogP contribution is 2.16. The highest BCUT2D eigenvalue weighted by molar-refractivity contribution is 6.29. The van der Waals surface area contributed by atoms with Gasteiger partial charge in [-0.3, -0.25) is 0 Å². The van der Waals surface area contributed by atoms with Gasteiger partial charge in [0.2, 0.25) is 0 Å². The third-order valence-corrected chi connectivity index (χ3v) is 2.34. The molecular weight excluding hydrogens is 194 g/mol. The van der Waals surface area contributed by atoms with Crippen molar-refractivity contribution in [3.05, 3.63) is 40.9 Å². The summed E-state index contributed by atoms with van der Waals surface area (Å²) in [5, 5.41) is 3.83. The van der Waals surface area contributed by atoms with Crippen molar-refractivity contribution in [1.29, 1.82) is 0 Å². The van der Waals surface area contributed by atoms with Crippen molar-refractivity contribution < 1.29 is 0 Å². The summed E-state index contributed by atoms with van der Waals surface area (Å²) in [5.41, 5.74) is 3.81. The third-order valence-electron chi connectivity index (χ3n) is 2.21. The standard InChI is InChI=1S/C12H16ClN/c1-4-11-5-6-12(7-9(11)2)14-8-10(3)13/h5-7,14H,3-4,8H2,1-2H3. The molecule has 0 saturated carbocycles. The summed E-state index contributed by atoms with van der Waals surface area (Å²) in [6.45, 7) is 8.53. The predicted molar refractivity (Wildman–Crippen MR) is 64.0 cm³/mol. The second-order valence-electron chi connectivity index (χ2n) is 3.37. The lowest BCUT2D eigenvalue weighted by Crippen LogP contribution is -2.01. The maximum absolute atomic E-state index is 5.67. The maximum Gasteiger partial charge on any atom is 0.0501 e. The monoisotopic (exact) mass is 209 g/mol. The van der Waals surface area contributed by atoms with Crippen molar-refractivity contribution in [1.82, 2.24) is 0 Å². The molecule has 0 saturated heterocycles. The van der Waals surface area contributed by atoms with Crippen LogP contribution in [0, 0.1) is 6.92 Å². The van der Waals surface area contributed by atoms with Crippen LogP contribution in [0.5, 0.6) is 0 Å². The molecule has 0 radical (unpaired) electrons. The molecule has 0 bridgehead atoms. The SMILES string of the molecule is C=C(Cl)CNc1ccc(CC)c(C)c1. The molecule has 0 aliphatic carbocycles. The van der Waals surface area contributed by atoms with Gasteiger partial charge in [0.05, 0.1) is 6.54 Å². The van der Waals surface area contributed by atoms with Crippen molar-refractivity contribution in [3.63, 3.8) is 0 Å². The Kier molecular flexibility index (Phi) is 4.02. The average Bonchev–Trinajstić information content (AvgIpc) is 2.15. The summed E-state index contributed by atoms with van der Waals surface area (Å²) in [6, 6.07) is 6.36. The fourth-order valence-electron chi connectivity index (χ4n) is 1.40. The van der Waals surface area contributed by atoms with Gasteiger partial charge < -0.3 is 5.32 Å². The topological polar surface area (TPSA) is 12.0 Å². The molecule has 76 valence electrons. The van der Waals surface area contributed by atoms with E-state index in [1.807, 2.05) is 0 Å². The lowest BCUT2D eigenvalue weighted by molar-refractivity contribution is 1.11. The van der Waals surface area contributed by atoms with Crippen LogP contribution >= 0.6 is 11.6 Å². The Morgan fingerprint density at radius 1 is 1.50 bits per heavy atom. The molecule has 0 aromatic heterocycles. The highest BCUT2D eigenvalue weighted by Gasteiger charge is 1.97. The molecule has 0 unspecified atom stereocenters. The Morgan fingerprint density at radius 3 is 2.71 bits per heavy atom. The number of rotatable bonds is 4. The van der Waals surface area contributed by atoms with E-state index < -0.39 is 0 Å². The molecular formula is C12H16ClN. The number of benzene rings is 1. The van der Waals surface area contributed by atoms with Crippen molar-refractivity contribution in [2.45, 2.75) is 20.3 Å². The van der Waals surface area contributed by atoms with Gasteiger partial charge in [0, 0.05) is 10.7 Å². The molecule has 2 heteroatoms. The van der Waals surface area contributed by atoms with E-state index in [-0.39, 0.29) is 0 Å². The fourth-order valence-corrected chi connectivity index (χ4v) is 1.47. The zero-order valence-corrected chi connectivity index (χ0v) is 9.49. The summed E-state index contributed by atoms with van der Waals surface area (Å²) in [7, 11) is 0. The Labute approximate surface area is 90.8 Å². The van der Waals surface area contributed by atoms with E-state index in [4.69, 9.17) is 11.6 Å². The Bertz CT molecular complexity index is 331. The van der Waals surface area contributed by atoms with Crippen molar-refractivity contribution in [3.8, 4) is 0 Å². The minimum Gasteiger partial charge on any atom is -0.380 e. The van der Waals surface area contributed by atoms with Crippen molar-refractivity contribution >= 4 is 17.3 Å². The molecule has 0 atom stereocenters. The fraction of sp³-hybridized carbons (Fsp3) is 0.333. The molecule has 1 aromatic carbocycles. The first-order valence-electron chi connectivity index (χ1n) is 4.80. The molecule has 0 amide bonds. The predicted octanol–water partition coefficient (Wildman–Crippen LogP) is 3.72. The van der Waals surface area contributed by atoms with Gasteiger partial charge in [-0.25, -0.2) is 0 Å². The Hall–Kier alpha value is -0.950. The highest BCUT2D eigenvalue weighted by atomic mass is 35.5. The van der Waals surface area contributed by atoms with E-state index in [2.05, 4.69) is 43.9 Å². The van der Waals surface area contributed by atoms with E-state index in [1.165, 1.54) is 11.1 Å². The first-order chi connectivity index (χ1) is 6.63. The summed E-state index contributed by atoms with van der Waals surface area (Å²) < 4.78 is 0. The molecule has 1 nitrogen and oxygen atoms in total. The molecule has 0 spiro atoms. The van der Waals surface area contributed by atoms with Gasteiger partial charge in [-0.05, 0) is 36.6 Å². The zero-order chi connectivity index (χ0) is 10.6. The number of nitrogens with one attached hydrogen (secondary N) is 1. The quantitative estimate of drug-likeness (QED) is 0.797. The lowest BCUT2D eigenvalue weighted by atomic mass is 10.1. The molecule has 1 aromatic rings. The number of aryl methyl sites for hydroxylation is 2.